The zero-order valence-electron chi connectivity index (χ0n) is 18.8. The summed E-state index contributed by atoms with van der Waals surface area (Å²) in [6.07, 6.45) is 8.16. The van der Waals surface area contributed by atoms with Gasteiger partial charge < -0.3 is 0 Å². The lowest BCUT2D eigenvalue weighted by Gasteiger charge is -2.31. The van der Waals surface area contributed by atoms with Crippen LogP contribution in [0, 0.1) is 18.8 Å². The minimum absolute atomic E-state index is 0.0880. The van der Waals surface area contributed by atoms with Crippen LogP contribution in [0.5, 0.6) is 0 Å². The Labute approximate surface area is 197 Å². The Morgan fingerprint density at radius 3 is 2.72 bits per heavy atom. The van der Waals surface area contributed by atoms with E-state index < -0.39 is 6.43 Å². The van der Waals surface area contributed by atoms with Crippen molar-refractivity contribution in [2.24, 2.45) is 11.8 Å². The molecule has 0 bridgehead atoms. The lowest BCUT2D eigenvalue weighted by atomic mass is 9.78. The third kappa shape index (κ3) is 6.87. The topological polar surface area (TPSA) is 46.1 Å². The zero-order valence-corrected chi connectivity index (χ0v) is 20.5. The molecule has 1 aliphatic carbocycles. The normalized spacial score (nSPS) is 21.8. The maximum absolute atomic E-state index is 12.5. The number of carbonyl (C=O) groups excluding carboxylic acids is 1. The van der Waals surface area contributed by atoms with Crippen molar-refractivity contribution >= 4 is 28.5 Å². The van der Waals surface area contributed by atoms with Gasteiger partial charge in [-0.3, -0.25) is 9.69 Å². The number of Topliss-reactive ketones (excluding diaryl/α,β-unsaturated/α-hetero) is 1. The first kappa shape index (κ1) is 23.9. The van der Waals surface area contributed by atoms with Crippen molar-refractivity contribution in [2.75, 3.05) is 13.1 Å². The van der Waals surface area contributed by atoms with Gasteiger partial charge in [0.1, 0.15) is 5.78 Å². The monoisotopic (exact) mass is 481 g/mol. The van der Waals surface area contributed by atoms with Crippen LogP contribution >= 0.6 is 22.7 Å². The molecule has 4 nitrogen and oxygen atoms in total. The smallest absolute Gasteiger partial charge is 0.239 e. The van der Waals surface area contributed by atoms with Crippen LogP contribution in [-0.2, 0) is 30.6 Å². The summed E-state index contributed by atoms with van der Waals surface area (Å²) in [5.74, 6) is 1.66. The Morgan fingerprint density at radius 1 is 1.22 bits per heavy atom. The second kappa shape index (κ2) is 11.3. The van der Waals surface area contributed by atoms with E-state index in [4.69, 9.17) is 0 Å². The number of aromatic nitrogens is 2. The lowest BCUT2D eigenvalue weighted by Crippen LogP contribution is -2.32. The van der Waals surface area contributed by atoms with Gasteiger partial charge in [-0.1, -0.05) is 12.8 Å². The van der Waals surface area contributed by atoms with Crippen molar-refractivity contribution < 1.29 is 13.6 Å². The summed E-state index contributed by atoms with van der Waals surface area (Å²) in [7, 11) is 0. The Kier molecular flexibility index (Phi) is 8.40. The van der Waals surface area contributed by atoms with Gasteiger partial charge in [-0.2, -0.15) is 0 Å². The predicted molar refractivity (Wildman–Crippen MR) is 126 cm³/mol. The summed E-state index contributed by atoms with van der Waals surface area (Å²) in [6.45, 7) is 4.97. The van der Waals surface area contributed by atoms with Gasteiger partial charge in [0.15, 0.2) is 0 Å². The van der Waals surface area contributed by atoms with E-state index in [-0.39, 0.29) is 6.42 Å². The largest absolute Gasteiger partial charge is 0.299 e. The summed E-state index contributed by atoms with van der Waals surface area (Å²) in [5.41, 5.74) is 1.11. The molecule has 8 heteroatoms. The van der Waals surface area contributed by atoms with E-state index in [2.05, 4.69) is 14.9 Å². The molecule has 2 aromatic rings. The van der Waals surface area contributed by atoms with E-state index in [1.54, 1.807) is 22.7 Å². The van der Waals surface area contributed by atoms with Crippen LogP contribution in [0.1, 0.15) is 70.4 Å². The molecule has 1 saturated carbocycles. The molecule has 0 radical (unpaired) electrons. The Bertz CT molecular complexity index is 890. The number of nitrogens with zero attached hydrogens (tertiary/aromatic N) is 3. The van der Waals surface area contributed by atoms with Crippen LogP contribution in [0.2, 0.25) is 0 Å². The highest BCUT2D eigenvalue weighted by molar-refractivity contribution is 7.12. The second-order valence-electron chi connectivity index (χ2n) is 9.37. The summed E-state index contributed by atoms with van der Waals surface area (Å²) in [5, 5.41) is 1.90. The number of ketones is 1. The molecule has 0 amide bonds. The van der Waals surface area contributed by atoms with E-state index in [1.165, 1.54) is 37.0 Å². The minimum atomic E-state index is -2.25. The van der Waals surface area contributed by atoms with E-state index in [0.717, 1.165) is 59.0 Å². The van der Waals surface area contributed by atoms with Crippen LogP contribution < -0.4 is 0 Å². The maximum Gasteiger partial charge on any atom is 0.239 e. The van der Waals surface area contributed by atoms with Crippen molar-refractivity contribution in [1.82, 2.24) is 14.9 Å². The maximum atomic E-state index is 12.5. The van der Waals surface area contributed by atoms with Crippen LogP contribution in [-0.4, -0.2) is 40.2 Å². The third-order valence-electron chi connectivity index (χ3n) is 6.80. The molecule has 3 heterocycles. The number of hydrogen-bond donors (Lipinski definition) is 0. The zero-order chi connectivity index (χ0) is 22.5. The molecule has 0 N–H and O–H groups in total. The number of carbonyl (C=O) groups is 1. The number of fused-ring (bicyclic) bond motifs is 1. The van der Waals surface area contributed by atoms with E-state index in [0.29, 0.717) is 24.5 Å². The Balaban J connectivity index is 1.14. The van der Waals surface area contributed by atoms with Gasteiger partial charge in [-0.05, 0) is 51.0 Å². The molecule has 4 rings (SSSR count). The van der Waals surface area contributed by atoms with Gasteiger partial charge in [0.2, 0.25) is 6.43 Å². The molecule has 2 aromatic heterocycles. The summed E-state index contributed by atoms with van der Waals surface area (Å²) < 4.78 is 24.9. The molecule has 0 aromatic carbocycles. The first-order chi connectivity index (χ1) is 15.4. The van der Waals surface area contributed by atoms with E-state index in [9.17, 15) is 13.6 Å². The van der Waals surface area contributed by atoms with Crippen molar-refractivity contribution in [2.45, 2.75) is 84.1 Å². The molecule has 0 atom stereocenters. The van der Waals surface area contributed by atoms with E-state index >= 15 is 0 Å². The fourth-order valence-electron chi connectivity index (χ4n) is 5.00. The van der Waals surface area contributed by atoms with Gasteiger partial charge in [0.25, 0.3) is 0 Å². The number of thiazole rings is 2. The molecule has 1 fully saturated rings. The number of aryl methyl sites for hydroxylation is 2. The number of alkyl halides is 2. The number of hydrogen-bond acceptors (Lipinski definition) is 6. The summed E-state index contributed by atoms with van der Waals surface area (Å²) in [4.78, 5) is 26.2. The van der Waals surface area contributed by atoms with Crippen LogP contribution in [0.25, 0.3) is 0 Å². The quantitative estimate of drug-likeness (QED) is 0.426. The third-order valence-corrected chi connectivity index (χ3v) is 8.93. The SMILES string of the molecule is Cc1ncc(CC(=O)CC2CCC(CCN3CCc4sc(CCC(F)F)nc4C3)CC2)s1. The number of halogens is 2. The molecule has 176 valence electrons. The predicted octanol–water partition coefficient (Wildman–Crippen LogP) is 5.86. The van der Waals surface area contributed by atoms with Gasteiger partial charge in [0, 0.05) is 54.7 Å². The van der Waals surface area contributed by atoms with Crippen LogP contribution in [0.4, 0.5) is 8.78 Å². The standard InChI is InChI=1S/C24H33F2N3OS2/c1-16-27-14-20(31-16)13-19(30)12-18-4-2-17(3-5-18)8-10-29-11-9-22-21(15-29)28-24(32-22)7-6-23(25)26/h14,17-18,23H,2-13,15H2,1H3. The van der Waals surface area contributed by atoms with Gasteiger partial charge in [0.05, 0.1) is 15.7 Å². The van der Waals surface area contributed by atoms with Crippen molar-refractivity contribution in [1.29, 1.82) is 0 Å². The highest BCUT2D eigenvalue weighted by Crippen LogP contribution is 2.34. The molecular weight excluding hydrogens is 448 g/mol. The van der Waals surface area contributed by atoms with Crippen molar-refractivity contribution in [3.63, 3.8) is 0 Å². The molecule has 0 saturated heterocycles. The molecule has 32 heavy (non-hydrogen) atoms. The fourth-order valence-corrected chi connectivity index (χ4v) is 6.91. The fraction of sp³-hybridized carbons (Fsp3) is 0.708. The van der Waals surface area contributed by atoms with Gasteiger partial charge in [-0.25, -0.2) is 18.7 Å². The second-order valence-corrected chi connectivity index (χ2v) is 11.9. The average molecular weight is 482 g/mol. The van der Waals surface area contributed by atoms with Crippen molar-refractivity contribution in [3.8, 4) is 0 Å². The summed E-state index contributed by atoms with van der Waals surface area (Å²) >= 11 is 3.26. The number of rotatable bonds is 10. The molecular formula is C24H33F2N3OS2. The van der Waals surface area contributed by atoms with E-state index in [1.807, 2.05) is 13.1 Å². The van der Waals surface area contributed by atoms with Gasteiger partial charge >= 0.3 is 0 Å². The Hall–Kier alpha value is -1.25. The molecule has 0 spiro atoms. The summed E-state index contributed by atoms with van der Waals surface area (Å²) in [6, 6.07) is 0. The first-order valence-electron chi connectivity index (χ1n) is 11.9. The molecule has 2 aliphatic rings. The average Bonchev–Trinajstić information content (AvgIpc) is 3.36. The highest BCUT2D eigenvalue weighted by atomic mass is 32.1. The minimum Gasteiger partial charge on any atom is -0.299 e. The first-order valence-corrected chi connectivity index (χ1v) is 13.5. The highest BCUT2D eigenvalue weighted by Gasteiger charge is 2.25. The van der Waals surface area contributed by atoms with Crippen LogP contribution in [0.3, 0.4) is 0 Å². The van der Waals surface area contributed by atoms with Crippen LogP contribution in [0.15, 0.2) is 6.20 Å². The van der Waals surface area contributed by atoms with Gasteiger partial charge in [-0.15, -0.1) is 22.7 Å². The Morgan fingerprint density at radius 2 is 2.00 bits per heavy atom. The molecule has 0 unspecified atom stereocenters. The van der Waals surface area contributed by atoms with Crippen molar-refractivity contribution in [3.05, 3.63) is 31.7 Å². The lowest BCUT2D eigenvalue weighted by molar-refractivity contribution is -0.119. The molecule has 1 aliphatic heterocycles.